The van der Waals surface area contributed by atoms with Crippen molar-refractivity contribution in [1.29, 1.82) is 0 Å². The first-order valence-electron chi connectivity index (χ1n) is 7.99. The molecule has 1 fully saturated rings. The molecular formula is C16H21N5O3. The summed E-state index contributed by atoms with van der Waals surface area (Å²) < 4.78 is 5.01. The van der Waals surface area contributed by atoms with Crippen molar-refractivity contribution in [3.8, 4) is 0 Å². The van der Waals surface area contributed by atoms with E-state index in [4.69, 9.17) is 4.52 Å². The number of amides is 1. The van der Waals surface area contributed by atoms with E-state index < -0.39 is 0 Å². The van der Waals surface area contributed by atoms with Gasteiger partial charge in [-0.1, -0.05) is 5.16 Å². The summed E-state index contributed by atoms with van der Waals surface area (Å²) >= 11 is 0. The molecule has 0 aromatic carbocycles. The standard InChI is InChI=1S/C16H21N5O3/c1-20(2)16-18-13(9-14(22)19-16)11-6-8-21(10-11)15(23)4-3-12-5-7-17-24-12/h5,7,9,11H,3-4,6,8,10H2,1-2H3,(H,18,19,22)/t11-/m1/s1. The number of carbonyl (C=O) groups is 1. The van der Waals surface area contributed by atoms with E-state index in [1.165, 1.54) is 6.07 Å². The van der Waals surface area contributed by atoms with Crippen LogP contribution in [0.3, 0.4) is 0 Å². The molecule has 0 saturated carbocycles. The van der Waals surface area contributed by atoms with Gasteiger partial charge in [-0.15, -0.1) is 0 Å². The third kappa shape index (κ3) is 3.64. The lowest BCUT2D eigenvalue weighted by Crippen LogP contribution is -2.29. The van der Waals surface area contributed by atoms with Crippen LogP contribution in [0.5, 0.6) is 0 Å². The van der Waals surface area contributed by atoms with Crippen molar-refractivity contribution in [2.24, 2.45) is 0 Å². The first-order chi connectivity index (χ1) is 11.5. The SMILES string of the molecule is CN(C)c1nc([C@@H]2CCN(C(=O)CCc3ccno3)C2)cc(=O)[nH]1. The van der Waals surface area contributed by atoms with Crippen molar-refractivity contribution < 1.29 is 9.32 Å². The van der Waals surface area contributed by atoms with E-state index in [0.717, 1.165) is 12.1 Å². The summed E-state index contributed by atoms with van der Waals surface area (Å²) in [7, 11) is 3.66. The van der Waals surface area contributed by atoms with Crippen LogP contribution in [0.4, 0.5) is 5.95 Å². The van der Waals surface area contributed by atoms with Gasteiger partial charge in [-0.25, -0.2) is 4.98 Å². The maximum Gasteiger partial charge on any atom is 0.252 e. The number of rotatable bonds is 5. The number of aromatic nitrogens is 3. The Morgan fingerprint density at radius 3 is 3.04 bits per heavy atom. The van der Waals surface area contributed by atoms with Crippen LogP contribution in [0.2, 0.25) is 0 Å². The number of aryl methyl sites for hydroxylation is 1. The van der Waals surface area contributed by atoms with Gasteiger partial charge in [0.25, 0.3) is 5.56 Å². The molecule has 1 atom stereocenters. The molecule has 0 unspecified atom stereocenters. The second kappa shape index (κ2) is 6.86. The minimum atomic E-state index is -0.168. The maximum absolute atomic E-state index is 12.3. The molecule has 0 aliphatic carbocycles. The first kappa shape index (κ1) is 16.2. The molecule has 1 N–H and O–H groups in total. The van der Waals surface area contributed by atoms with E-state index in [-0.39, 0.29) is 17.4 Å². The Morgan fingerprint density at radius 1 is 1.50 bits per heavy atom. The number of hydrogen-bond donors (Lipinski definition) is 1. The van der Waals surface area contributed by atoms with E-state index in [1.54, 1.807) is 17.2 Å². The van der Waals surface area contributed by atoms with Crippen LogP contribution in [-0.2, 0) is 11.2 Å². The van der Waals surface area contributed by atoms with E-state index in [2.05, 4.69) is 15.1 Å². The fourth-order valence-electron chi connectivity index (χ4n) is 2.87. The molecule has 24 heavy (non-hydrogen) atoms. The van der Waals surface area contributed by atoms with Crippen molar-refractivity contribution >= 4 is 11.9 Å². The van der Waals surface area contributed by atoms with Gasteiger partial charge >= 0.3 is 0 Å². The van der Waals surface area contributed by atoms with Crippen LogP contribution in [0.25, 0.3) is 0 Å². The number of nitrogens with one attached hydrogen (secondary N) is 1. The third-order valence-corrected chi connectivity index (χ3v) is 4.21. The molecule has 3 rings (SSSR count). The number of anilines is 1. The van der Waals surface area contributed by atoms with Crippen molar-refractivity contribution in [2.75, 3.05) is 32.1 Å². The average molecular weight is 331 g/mol. The lowest BCUT2D eigenvalue weighted by molar-refractivity contribution is -0.130. The number of H-pyrrole nitrogens is 1. The summed E-state index contributed by atoms with van der Waals surface area (Å²) in [5, 5.41) is 3.64. The van der Waals surface area contributed by atoms with E-state index in [1.807, 2.05) is 19.0 Å². The molecule has 1 aliphatic rings. The predicted octanol–water partition coefficient (Wildman–Crippen LogP) is 0.773. The summed E-state index contributed by atoms with van der Waals surface area (Å²) in [6.07, 6.45) is 3.34. The van der Waals surface area contributed by atoms with Gasteiger partial charge in [-0.05, 0) is 6.42 Å². The second-order valence-electron chi connectivity index (χ2n) is 6.19. The number of nitrogens with zero attached hydrogens (tertiary/aromatic N) is 4. The zero-order valence-electron chi connectivity index (χ0n) is 13.9. The molecule has 1 saturated heterocycles. The highest BCUT2D eigenvalue weighted by Crippen LogP contribution is 2.26. The van der Waals surface area contributed by atoms with Gasteiger partial charge in [0, 0.05) is 58.1 Å². The smallest absolute Gasteiger partial charge is 0.252 e. The van der Waals surface area contributed by atoms with Crippen LogP contribution in [0.1, 0.15) is 30.2 Å². The van der Waals surface area contributed by atoms with Gasteiger partial charge in [0.1, 0.15) is 5.76 Å². The lowest BCUT2D eigenvalue weighted by Gasteiger charge is -2.17. The molecule has 2 aromatic rings. The van der Waals surface area contributed by atoms with Crippen molar-refractivity contribution in [1.82, 2.24) is 20.0 Å². The third-order valence-electron chi connectivity index (χ3n) is 4.21. The number of aromatic amines is 1. The largest absolute Gasteiger partial charge is 0.361 e. The molecule has 8 nitrogen and oxygen atoms in total. The van der Waals surface area contributed by atoms with Crippen LogP contribution < -0.4 is 10.5 Å². The van der Waals surface area contributed by atoms with E-state index >= 15 is 0 Å². The average Bonchev–Trinajstić information content (AvgIpc) is 3.23. The Balaban J connectivity index is 1.62. The van der Waals surface area contributed by atoms with Gasteiger partial charge in [-0.2, -0.15) is 0 Å². The van der Waals surface area contributed by atoms with Crippen molar-refractivity contribution in [2.45, 2.75) is 25.2 Å². The summed E-state index contributed by atoms with van der Waals surface area (Å²) in [5.41, 5.74) is 0.576. The summed E-state index contributed by atoms with van der Waals surface area (Å²) in [6, 6.07) is 3.29. The fourth-order valence-corrected chi connectivity index (χ4v) is 2.87. The maximum atomic E-state index is 12.3. The molecule has 0 bridgehead atoms. The van der Waals surface area contributed by atoms with Gasteiger partial charge in [0.05, 0.1) is 11.9 Å². The number of hydrogen-bond acceptors (Lipinski definition) is 6. The van der Waals surface area contributed by atoms with Gasteiger partial charge in [0.2, 0.25) is 11.9 Å². The predicted molar refractivity (Wildman–Crippen MR) is 87.9 cm³/mol. The topological polar surface area (TPSA) is 95.3 Å². The summed E-state index contributed by atoms with van der Waals surface area (Å²) in [4.78, 5) is 34.9. The highest BCUT2D eigenvalue weighted by atomic mass is 16.5. The molecule has 0 radical (unpaired) electrons. The summed E-state index contributed by atoms with van der Waals surface area (Å²) in [5.74, 6) is 1.44. The Hall–Kier alpha value is -2.64. The van der Waals surface area contributed by atoms with Crippen molar-refractivity contribution in [3.05, 3.63) is 40.1 Å². The molecule has 1 aliphatic heterocycles. The lowest BCUT2D eigenvalue weighted by atomic mass is 10.1. The molecule has 128 valence electrons. The Morgan fingerprint density at radius 2 is 2.33 bits per heavy atom. The quantitative estimate of drug-likeness (QED) is 0.869. The summed E-state index contributed by atoms with van der Waals surface area (Å²) in [6.45, 7) is 1.28. The molecular weight excluding hydrogens is 310 g/mol. The Bertz CT molecular complexity index is 753. The minimum Gasteiger partial charge on any atom is -0.361 e. The van der Waals surface area contributed by atoms with Gasteiger partial charge in [-0.3, -0.25) is 14.6 Å². The molecule has 3 heterocycles. The Labute approximate surface area is 139 Å². The van der Waals surface area contributed by atoms with Crippen LogP contribution in [0.15, 0.2) is 27.6 Å². The monoisotopic (exact) mass is 331 g/mol. The Kier molecular flexibility index (Phi) is 4.64. The molecule has 1 amide bonds. The molecule has 0 spiro atoms. The van der Waals surface area contributed by atoms with Gasteiger partial charge < -0.3 is 14.3 Å². The molecule has 2 aromatic heterocycles. The molecule has 8 heteroatoms. The highest BCUT2D eigenvalue weighted by molar-refractivity contribution is 5.76. The van der Waals surface area contributed by atoms with Crippen molar-refractivity contribution in [3.63, 3.8) is 0 Å². The number of carbonyl (C=O) groups excluding carboxylic acids is 1. The first-order valence-corrected chi connectivity index (χ1v) is 7.99. The van der Waals surface area contributed by atoms with Gasteiger partial charge in [0.15, 0.2) is 0 Å². The number of likely N-dealkylation sites (tertiary alicyclic amines) is 1. The minimum absolute atomic E-state index is 0.0894. The van der Waals surface area contributed by atoms with Crippen LogP contribution >= 0.6 is 0 Å². The fraction of sp³-hybridized carbons (Fsp3) is 0.500. The zero-order chi connectivity index (χ0) is 17.1. The second-order valence-corrected chi connectivity index (χ2v) is 6.19. The highest BCUT2D eigenvalue weighted by Gasteiger charge is 2.28. The normalized spacial score (nSPS) is 17.2. The van der Waals surface area contributed by atoms with Crippen LogP contribution in [0, 0.1) is 0 Å². The van der Waals surface area contributed by atoms with E-state index in [0.29, 0.717) is 37.6 Å². The zero-order valence-corrected chi connectivity index (χ0v) is 13.9. The van der Waals surface area contributed by atoms with Crippen LogP contribution in [-0.4, -0.2) is 53.1 Å². The van der Waals surface area contributed by atoms with E-state index in [9.17, 15) is 9.59 Å².